The second-order valence-electron chi connectivity index (χ2n) is 4.88. The van der Waals surface area contributed by atoms with Crippen LogP contribution in [0, 0.1) is 0 Å². The first-order valence-electron chi connectivity index (χ1n) is 7.19. The molecule has 0 aromatic heterocycles. The van der Waals surface area contributed by atoms with E-state index in [0.29, 0.717) is 6.54 Å². The van der Waals surface area contributed by atoms with E-state index in [0.717, 1.165) is 11.4 Å². The highest BCUT2D eigenvalue weighted by atomic mass is 32.2. The molecule has 0 unspecified atom stereocenters. The number of rotatable bonds is 5. The van der Waals surface area contributed by atoms with Gasteiger partial charge in [0.05, 0.1) is 24.4 Å². The van der Waals surface area contributed by atoms with Crippen molar-refractivity contribution in [2.45, 2.75) is 16.2 Å². The van der Waals surface area contributed by atoms with Crippen LogP contribution in [0.4, 0.5) is 11.4 Å². The Hall–Kier alpha value is -1.98. The van der Waals surface area contributed by atoms with E-state index in [1.54, 1.807) is 11.8 Å². The summed E-state index contributed by atoms with van der Waals surface area (Å²) in [6, 6.07) is 16.4. The summed E-state index contributed by atoms with van der Waals surface area (Å²) in [7, 11) is 0. The van der Waals surface area contributed by atoms with Gasteiger partial charge < -0.3 is 14.7 Å². The minimum Gasteiger partial charge on any atom is -0.463 e. The number of carbonyl (C=O) groups is 1. The van der Waals surface area contributed by atoms with Crippen molar-refractivity contribution >= 4 is 29.1 Å². The average Bonchev–Trinajstić information content (AvgIpc) is 2.56. The molecule has 2 aromatic carbocycles. The first-order valence-corrected chi connectivity index (χ1v) is 8.01. The second kappa shape index (κ2) is 6.85. The number of hydrogen-bond acceptors (Lipinski definition) is 5. The van der Waals surface area contributed by atoms with Gasteiger partial charge in [-0.3, -0.25) is 4.79 Å². The molecule has 0 bridgehead atoms. The summed E-state index contributed by atoms with van der Waals surface area (Å²) >= 11 is 1.74. The molecule has 114 valence electrons. The molecule has 22 heavy (non-hydrogen) atoms. The van der Waals surface area contributed by atoms with E-state index in [-0.39, 0.29) is 25.6 Å². The number of benzene rings is 2. The van der Waals surface area contributed by atoms with E-state index in [4.69, 9.17) is 9.84 Å². The summed E-state index contributed by atoms with van der Waals surface area (Å²) in [5.41, 5.74) is 2.22. The van der Waals surface area contributed by atoms with E-state index in [1.807, 2.05) is 24.3 Å². The maximum absolute atomic E-state index is 11.7. The summed E-state index contributed by atoms with van der Waals surface area (Å²) in [5.74, 6) is -0.290. The number of aliphatic hydroxyl groups excluding tert-OH is 1. The average molecular weight is 315 g/mol. The first-order chi connectivity index (χ1) is 10.8. The number of esters is 1. The van der Waals surface area contributed by atoms with Gasteiger partial charge in [-0.1, -0.05) is 36.0 Å². The van der Waals surface area contributed by atoms with Crippen molar-refractivity contribution in [1.29, 1.82) is 0 Å². The number of carbonyl (C=O) groups excluding carboxylic acids is 1. The molecular weight excluding hydrogens is 298 g/mol. The zero-order valence-electron chi connectivity index (χ0n) is 12.1. The SMILES string of the molecule is O=C(CCN1c2ccccc2Sc2ccccc21)OCCO. The standard InChI is InChI=1S/C17H17NO3S/c19-11-12-21-17(20)9-10-18-13-5-1-3-7-15(13)22-16-8-4-2-6-14(16)18/h1-8,19H,9-12H2. The molecule has 1 heterocycles. The van der Waals surface area contributed by atoms with Crippen molar-refractivity contribution in [3.8, 4) is 0 Å². The van der Waals surface area contributed by atoms with E-state index in [9.17, 15) is 4.79 Å². The van der Waals surface area contributed by atoms with Crippen LogP contribution in [0.15, 0.2) is 58.3 Å². The van der Waals surface area contributed by atoms with E-state index in [2.05, 4.69) is 29.2 Å². The van der Waals surface area contributed by atoms with Crippen molar-refractivity contribution in [1.82, 2.24) is 0 Å². The minimum absolute atomic E-state index is 0.0574. The number of hydrogen-bond donors (Lipinski definition) is 1. The fourth-order valence-corrected chi connectivity index (χ4v) is 3.55. The Morgan fingerprint density at radius 2 is 1.64 bits per heavy atom. The molecular formula is C17H17NO3S. The molecule has 0 spiro atoms. The highest BCUT2D eigenvalue weighted by molar-refractivity contribution is 7.99. The van der Waals surface area contributed by atoms with Crippen LogP contribution in [0.5, 0.6) is 0 Å². The van der Waals surface area contributed by atoms with Gasteiger partial charge in [-0.15, -0.1) is 0 Å². The Bertz CT molecular complexity index is 629. The summed E-state index contributed by atoms with van der Waals surface area (Å²) in [4.78, 5) is 16.2. The van der Waals surface area contributed by atoms with Crippen LogP contribution in [0.2, 0.25) is 0 Å². The fourth-order valence-electron chi connectivity index (χ4n) is 2.46. The third kappa shape index (κ3) is 3.10. The molecule has 1 N–H and O–H groups in total. The second-order valence-corrected chi connectivity index (χ2v) is 5.97. The van der Waals surface area contributed by atoms with Crippen molar-refractivity contribution in [3.05, 3.63) is 48.5 Å². The molecule has 0 saturated carbocycles. The predicted octanol–water partition coefficient (Wildman–Crippen LogP) is 3.21. The molecule has 0 amide bonds. The Morgan fingerprint density at radius 3 is 2.23 bits per heavy atom. The molecule has 2 aromatic rings. The monoisotopic (exact) mass is 315 g/mol. The maximum Gasteiger partial charge on any atom is 0.307 e. The van der Waals surface area contributed by atoms with Crippen LogP contribution >= 0.6 is 11.8 Å². The van der Waals surface area contributed by atoms with Crippen LogP contribution in [-0.4, -0.2) is 30.8 Å². The lowest BCUT2D eigenvalue weighted by molar-refractivity contribution is -0.144. The molecule has 1 aliphatic heterocycles. The summed E-state index contributed by atoms with van der Waals surface area (Å²) in [5, 5.41) is 8.70. The molecule has 0 fully saturated rings. The molecule has 4 nitrogen and oxygen atoms in total. The molecule has 5 heteroatoms. The third-order valence-electron chi connectivity index (χ3n) is 3.43. The van der Waals surface area contributed by atoms with Gasteiger partial charge in [0.15, 0.2) is 0 Å². The molecule has 0 radical (unpaired) electrons. The molecule has 3 rings (SSSR count). The molecule has 0 atom stereocenters. The largest absolute Gasteiger partial charge is 0.463 e. The minimum atomic E-state index is -0.290. The number of para-hydroxylation sites is 2. The van der Waals surface area contributed by atoms with Gasteiger partial charge in [0.25, 0.3) is 0 Å². The van der Waals surface area contributed by atoms with Gasteiger partial charge in [0.1, 0.15) is 6.61 Å². The van der Waals surface area contributed by atoms with Gasteiger partial charge >= 0.3 is 5.97 Å². The van der Waals surface area contributed by atoms with Gasteiger partial charge in [0, 0.05) is 16.3 Å². The summed E-state index contributed by atoms with van der Waals surface area (Å²) in [6.07, 6.45) is 0.285. The van der Waals surface area contributed by atoms with Crippen LogP contribution in [0.3, 0.4) is 0 Å². The van der Waals surface area contributed by atoms with Crippen LogP contribution < -0.4 is 4.90 Å². The van der Waals surface area contributed by atoms with Crippen molar-refractivity contribution in [2.24, 2.45) is 0 Å². The van der Waals surface area contributed by atoms with Crippen molar-refractivity contribution in [2.75, 3.05) is 24.7 Å². The number of fused-ring (bicyclic) bond motifs is 2. The van der Waals surface area contributed by atoms with E-state index < -0.39 is 0 Å². The van der Waals surface area contributed by atoms with E-state index >= 15 is 0 Å². The summed E-state index contributed by atoms with van der Waals surface area (Å²) in [6.45, 7) is 0.471. The Morgan fingerprint density at radius 1 is 1.05 bits per heavy atom. The maximum atomic E-state index is 11.7. The van der Waals surface area contributed by atoms with Crippen LogP contribution in [0.25, 0.3) is 0 Å². The first kappa shape index (κ1) is 14.9. The van der Waals surface area contributed by atoms with Gasteiger partial charge in [0.2, 0.25) is 0 Å². The lowest BCUT2D eigenvalue weighted by atomic mass is 10.2. The van der Waals surface area contributed by atoms with Crippen molar-refractivity contribution in [3.63, 3.8) is 0 Å². The Labute approximate surface area is 133 Å². The highest BCUT2D eigenvalue weighted by Gasteiger charge is 2.23. The smallest absolute Gasteiger partial charge is 0.307 e. The molecule has 0 aliphatic carbocycles. The third-order valence-corrected chi connectivity index (χ3v) is 4.56. The van der Waals surface area contributed by atoms with Gasteiger partial charge in [-0.05, 0) is 24.3 Å². The summed E-state index contributed by atoms with van der Waals surface area (Å²) < 4.78 is 4.94. The fraction of sp³-hybridized carbons (Fsp3) is 0.235. The molecule has 0 saturated heterocycles. The quantitative estimate of drug-likeness (QED) is 0.859. The molecule has 1 aliphatic rings. The van der Waals surface area contributed by atoms with E-state index in [1.165, 1.54) is 9.79 Å². The highest BCUT2D eigenvalue weighted by Crippen LogP contribution is 2.47. The zero-order valence-corrected chi connectivity index (χ0v) is 12.9. The normalized spacial score (nSPS) is 12.5. The zero-order chi connectivity index (χ0) is 15.4. The van der Waals surface area contributed by atoms with Crippen molar-refractivity contribution < 1.29 is 14.6 Å². The van der Waals surface area contributed by atoms with Gasteiger partial charge in [-0.2, -0.15) is 0 Å². The number of anilines is 2. The lowest BCUT2D eigenvalue weighted by Gasteiger charge is -2.32. The number of nitrogens with zero attached hydrogens (tertiary/aromatic N) is 1. The predicted molar refractivity (Wildman–Crippen MR) is 86.7 cm³/mol. The number of aliphatic hydroxyl groups is 1. The lowest BCUT2D eigenvalue weighted by Crippen LogP contribution is -2.24. The number of ether oxygens (including phenoxy) is 1. The van der Waals surface area contributed by atoms with Crippen LogP contribution in [-0.2, 0) is 9.53 Å². The topological polar surface area (TPSA) is 49.8 Å². The van der Waals surface area contributed by atoms with Gasteiger partial charge in [-0.25, -0.2) is 0 Å². The Balaban J connectivity index is 1.82. The van der Waals surface area contributed by atoms with Crippen LogP contribution in [0.1, 0.15) is 6.42 Å². The Kier molecular flexibility index (Phi) is 4.65.